The van der Waals surface area contributed by atoms with Crippen LogP contribution in [-0.4, -0.2) is 53.9 Å². The van der Waals surface area contributed by atoms with Gasteiger partial charge in [0.2, 0.25) is 0 Å². The fraction of sp³-hybridized carbons (Fsp3) is 0.235. The number of benzene rings is 4. The second-order valence-electron chi connectivity index (χ2n) is 10.2. The highest BCUT2D eigenvalue weighted by molar-refractivity contribution is 6.10. The standard InChI is InChI=1S/C34H35N3O3/c1-25(2)40-31-20-12-10-18-29(31)33(38)35-30-19-11-9-17-28(30)34(39)37-23-21-36(22-24-37)32(26-13-5-3-6-14-26)27-15-7-4-8-16-27/h3-20,25,32H,21-24H2,1-2H3,(H,35,38). The van der Waals surface area contributed by atoms with Gasteiger partial charge in [0.05, 0.1) is 29.0 Å². The molecule has 1 heterocycles. The maximum absolute atomic E-state index is 13.7. The summed E-state index contributed by atoms with van der Waals surface area (Å²) in [5.41, 5.74) is 3.88. The van der Waals surface area contributed by atoms with Crippen LogP contribution in [0.15, 0.2) is 109 Å². The zero-order chi connectivity index (χ0) is 27.9. The van der Waals surface area contributed by atoms with Gasteiger partial charge in [0, 0.05) is 26.2 Å². The van der Waals surface area contributed by atoms with Gasteiger partial charge in [-0.1, -0.05) is 84.9 Å². The van der Waals surface area contributed by atoms with Gasteiger partial charge in [-0.3, -0.25) is 14.5 Å². The van der Waals surface area contributed by atoms with Crippen LogP contribution in [-0.2, 0) is 0 Å². The first-order valence-electron chi connectivity index (χ1n) is 13.8. The summed E-state index contributed by atoms with van der Waals surface area (Å²) in [4.78, 5) is 31.2. The van der Waals surface area contributed by atoms with Crippen molar-refractivity contribution in [2.24, 2.45) is 0 Å². The number of carbonyl (C=O) groups is 2. The van der Waals surface area contributed by atoms with E-state index in [0.717, 1.165) is 13.1 Å². The molecule has 0 radical (unpaired) electrons. The molecular weight excluding hydrogens is 498 g/mol. The molecule has 0 atom stereocenters. The van der Waals surface area contributed by atoms with Crippen molar-refractivity contribution in [3.63, 3.8) is 0 Å². The molecule has 1 aliphatic heterocycles. The number of rotatable bonds is 8. The number of nitrogens with zero attached hydrogens (tertiary/aromatic N) is 2. The van der Waals surface area contributed by atoms with E-state index in [-0.39, 0.29) is 24.0 Å². The monoisotopic (exact) mass is 533 g/mol. The molecule has 4 aromatic rings. The van der Waals surface area contributed by atoms with E-state index in [1.54, 1.807) is 30.3 Å². The van der Waals surface area contributed by atoms with E-state index >= 15 is 0 Å². The summed E-state index contributed by atoms with van der Waals surface area (Å²) in [5, 5.41) is 2.95. The molecule has 40 heavy (non-hydrogen) atoms. The average Bonchev–Trinajstić information content (AvgIpc) is 2.99. The molecule has 204 valence electrons. The summed E-state index contributed by atoms with van der Waals surface area (Å²) in [7, 11) is 0. The zero-order valence-corrected chi connectivity index (χ0v) is 23.0. The lowest BCUT2D eigenvalue weighted by molar-refractivity contribution is 0.0598. The molecule has 1 N–H and O–H groups in total. The second-order valence-corrected chi connectivity index (χ2v) is 10.2. The molecule has 0 aliphatic carbocycles. The molecule has 0 saturated carbocycles. The van der Waals surface area contributed by atoms with Gasteiger partial charge in [0.1, 0.15) is 5.75 Å². The van der Waals surface area contributed by atoms with Crippen LogP contribution in [0.4, 0.5) is 5.69 Å². The zero-order valence-electron chi connectivity index (χ0n) is 23.0. The van der Waals surface area contributed by atoms with Crippen molar-refractivity contribution in [2.45, 2.75) is 26.0 Å². The van der Waals surface area contributed by atoms with E-state index in [0.29, 0.717) is 35.7 Å². The number of ether oxygens (including phenoxy) is 1. The molecule has 5 rings (SSSR count). The summed E-state index contributed by atoms with van der Waals surface area (Å²) < 4.78 is 5.83. The van der Waals surface area contributed by atoms with Crippen LogP contribution in [0, 0.1) is 0 Å². The predicted molar refractivity (Wildman–Crippen MR) is 159 cm³/mol. The molecular formula is C34H35N3O3. The summed E-state index contributed by atoms with van der Waals surface area (Å²) >= 11 is 0. The van der Waals surface area contributed by atoms with E-state index < -0.39 is 0 Å². The van der Waals surface area contributed by atoms with Gasteiger partial charge in [-0.25, -0.2) is 0 Å². The van der Waals surface area contributed by atoms with Crippen LogP contribution >= 0.6 is 0 Å². The molecule has 0 bridgehead atoms. The highest BCUT2D eigenvalue weighted by Crippen LogP contribution is 2.30. The third-order valence-corrected chi connectivity index (χ3v) is 7.10. The largest absolute Gasteiger partial charge is 0.490 e. The van der Waals surface area contributed by atoms with Gasteiger partial charge in [0.25, 0.3) is 11.8 Å². The molecule has 2 amide bonds. The molecule has 0 unspecified atom stereocenters. The van der Waals surface area contributed by atoms with Crippen molar-refractivity contribution < 1.29 is 14.3 Å². The fourth-order valence-corrected chi connectivity index (χ4v) is 5.22. The average molecular weight is 534 g/mol. The summed E-state index contributed by atoms with van der Waals surface area (Å²) in [6.45, 7) is 6.53. The number of nitrogens with one attached hydrogen (secondary N) is 1. The Morgan fingerprint density at radius 1 is 0.675 bits per heavy atom. The first-order chi connectivity index (χ1) is 19.5. The Bertz CT molecular complexity index is 1390. The number of anilines is 1. The fourth-order valence-electron chi connectivity index (χ4n) is 5.22. The van der Waals surface area contributed by atoms with E-state index in [9.17, 15) is 9.59 Å². The first-order valence-corrected chi connectivity index (χ1v) is 13.8. The molecule has 0 aromatic heterocycles. The lowest BCUT2D eigenvalue weighted by Gasteiger charge is -2.40. The first kappa shape index (κ1) is 27.2. The van der Waals surface area contributed by atoms with E-state index in [1.165, 1.54) is 11.1 Å². The highest BCUT2D eigenvalue weighted by Gasteiger charge is 2.29. The molecule has 6 nitrogen and oxygen atoms in total. The predicted octanol–water partition coefficient (Wildman–Crippen LogP) is 6.27. The van der Waals surface area contributed by atoms with Crippen LogP contribution in [0.3, 0.4) is 0 Å². The molecule has 0 spiro atoms. The Balaban J connectivity index is 1.30. The summed E-state index contributed by atoms with van der Waals surface area (Å²) in [5.74, 6) is 0.120. The van der Waals surface area contributed by atoms with Gasteiger partial charge in [-0.15, -0.1) is 0 Å². The molecule has 6 heteroatoms. The quantitative estimate of drug-likeness (QED) is 0.290. The lowest BCUT2D eigenvalue weighted by Crippen LogP contribution is -2.50. The maximum Gasteiger partial charge on any atom is 0.259 e. The van der Waals surface area contributed by atoms with Crippen LogP contribution in [0.2, 0.25) is 0 Å². The molecule has 1 aliphatic rings. The van der Waals surface area contributed by atoms with Gasteiger partial charge in [-0.2, -0.15) is 0 Å². The SMILES string of the molecule is CC(C)Oc1ccccc1C(=O)Nc1ccccc1C(=O)N1CCN(C(c2ccccc2)c2ccccc2)CC1. The number of hydrogen-bond acceptors (Lipinski definition) is 4. The van der Waals surface area contributed by atoms with Crippen molar-refractivity contribution >= 4 is 17.5 Å². The van der Waals surface area contributed by atoms with E-state index in [4.69, 9.17) is 4.74 Å². The van der Waals surface area contributed by atoms with Crippen LogP contribution in [0.1, 0.15) is 51.7 Å². The second kappa shape index (κ2) is 12.6. The molecule has 4 aromatic carbocycles. The summed E-state index contributed by atoms with van der Waals surface area (Å²) in [6.07, 6.45) is -0.0649. The summed E-state index contributed by atoms with van der Waals surface area (Å²) in [6, 6.07) is 35.5. The smallest absolute Gasteiger partial charge is 0.259 e. The number of carbonyl (C=O) groups excluding carboxylic acids is 2. The van der Waals surface area contributed by atoms with Crippen LogP contribution in [0.5, 0.6) is 5.75 Å². The normalized spacial score (nSPS) is 13.8. The van der Waals surface area contributed by atoms with Crippen molar-refractivity contribution in [1.82, 2.24) is 9.80 Å². The van der Waals surface area contributed by atoms with Gasteiger partial charge >= 0.3 is 0 Å². The third kappa shape index (κ3) is 6.24. The van der Waals surface area contributed by atoms with Crippen molar-refractivity contribution in [2.75, 3.05) is 31.5 Å². The minimum absolute atomic E-state index is 0.0649. The van der Waals surface area contributed by atoms with E-state index in [1.807, 2.05) is 49.1 Å². The Hall–Kier alpha value is -4.42. The number of para-hydroxylation sites is 2. The van der Waals surface area contributed by atoms with Gasteiger partial charge in [-0.05, 0) is 49.2 Å². The van der Waals surface area contributed by atoms with Crippen molar-refractivity contribution in [3.05, 3.63) is 131 Å². The minimum Gasteiger partial charge on any atom is -0.490 e. The molecule has 1 fully saturated rings. The number of amides is 2. The van der Waals surface area contributed by atoms with Crippen molar-refractivity contribution in [1.29, 1.82) is 0 Å². The van der Waals surface area contributed by atoms with Crippen LogP contribution in [0.25, 0.3) is 0 Å². The minimum atomic E-state index is -0.310. The van der Waals surface area contributed by atoms with Crippen LogP contribution < -0.4 is 10.1 Å². The van der Waals surface area contributed by atoms with Crippen molar-refractivity contribution in [3.8, 4) is 5.75 Å². The maximum atomic E-state index is 13.7. The van der Waals surface area contributed by atoms with E-state index in [2.05, 4.69) is 58.7 Å². The van der Waals surface area contributed by atoms with Gasteiger partial charge in [0.15, 0.2) is 0 Å². The Kier molecular flexibility index (Phi) is 8.57. The Morgan fingerprint density at radius 3 is 1.80 bits per heavy atom. The highest BCUT2D eigenvalue weighted by atomic mass is 16.5. The number of piperazine rings is 1. The topological polar surface area (TPSA) is 61.9 Å². The third-order valence-electron chi connectivity index (χ3n) is 7.10. The lowest BCUT2D eigenvalue weighted by atomic mass is 9.96. The Morgan fingerprint density at radius 2 is 1.20 bits per heavy atom. The number of hydrogen-bond donors (Lipinski definition) is 1. The van der Waals surface area contributed by atoms with Gasteiger partial charge < -0.3 is 15.0 Å². The molecule has 1 saturated heterocycles. The Labute approximate surface area is 236 Å².